The van der Waals surface area contributed by atoms with Gasteiger partial charge in [0.25, 0.3) is 0 Å². The predicted octanol–water partition coefficient (Wildman–Crippen LogP) is 2.98. The first kappa shape index (κ1) is 12.9. The number of nitrogens with two attached hydrogens (primary N) is 1. The van der Waals surface area contributed by atoms with Crippen LogP contribution in [0.25, 0.3) is 10.2 Å². The molecule has 0 atom stereocenters. The number of aliphatic hydroxyl groups excluding tert-OH is 1. The molecular formula is C15H15N3OS. The zero-order valence-corrected chi connectivity index (χ0v) is 11.7. The van der Waals surface area contributed by atoms with E-state index in [0.717, 1.165) is 32.2 Å². The first-order chi connectivity index (χ1) is 9.74. The molecule has 0 spiro atoms. The van der Waals surface area contributed by atoms with E-state index in [1.165, 1.54) is 0 Å². The van der Waals surface area contributed by atoms with E-state index in [4.69, 9.17) is 10.8 Å². The molecule has 5 heteroatoms. The first-order valence-corrected chi connectivity index (χ1v) is 7.15. The zero-order chi connectivity index (χ0) is 13.9. The molecule has 0 radical (unpaired) electrons. The molecule has 0 aliphatic carbocycles. The summed E-state index contributed by atoms with van der Waals surface area (Å²) in [5, 5.41) is 13.3. The SMILES string of the molecule is Nc1ccc2nc(NCc3cccc(CO)c3)sc2c1. The highest BCUT2D eigenvalue weighted by Gasteiger charge is 2.04. The highest BCUT2D eigenvalue weighted by atomic mass is 32.1. The number of aromatic nitrogens is 1. The van der Waals surface area contributed by atoms with Crippen molar-refractivity contribution in [3.05, 3.63) is 53.6 Å². The monoisotopic (exact) mass is 285 g/mol. The van der Waals surface area contributed by atoms with Crippen LogP contribution in [0.2, 0.25) is 0 Å². The summed E-state index contributed by atoms with van der Waals surface area (Å²) >= 11 is 1.59. The van der Waals surface area contributed by atoms with E-state index in [-0.39, 0.29) is 6.61 Å². The summed E-state index contributed by atoms with van der Waals surface area (Å²) in [6.07, 6.45) is 0. The van der Waals surface area contributed by atoms with Crippen LogP contribution in [0.1, 0.15) is 11.1 Å². The molecule has 1 aromatic heterocycles. The van der Waals surface area contributed by atoms with Crippen molar-refractivity contribution in [2.24, 2.45) is 0 Å². The first-order valence-electron chi connectivity index (χ1n) is 6.33. The van der Waals surface area contributed by atoms with Crippen molar-refractivity contribution in [3.8, 4) is 0 Å². The number of anilines is 2. The molecule has 0 aliphatic rings. The number of nitrogen functional groups attached to an aromatic ring is 1. The van der Waals surface area contributed by atoms with Crippen LogP contribution in [0, 0.1) is 0 Å². The van der Waals surface area contributed by atoms with Crippen LogP contribution in [0.3, 0.4) is 0 Å². The Labute approximate surface area is 120 Å². The van der Waals surface area contributed by atoms with Crippen LogP contribution in [0.4, 0.5) is 10.8 Å². The molecule has 2 aromatic carbocycles. The Hall–Kier alpha value is -2.11. The fourth-order valence-corrected chi connectivity index (χ4v) is 2.94. The standard InChI is InChI=1S/C15H15N3OS/c16-12-4-5-13-14(7-12)20-15(18-13)17-8-10-2-1-3-11(6-10)9-19/h1-7,19H,8-9,16H2,(H,17,18). The third-order valence-corrected chi connectivity index (χ3v) is 4.01. The van der Waals surface area contributed by atoms with Gasteiger partial charge < -0.3 is 16.2 Å². The van der Waals surface area contributed by atoms with Gasteiger partial charge in [0.15, 0.2) is 5.13 Å². The van der Waals surface area contributed by atoms with Crippen LogP contribution in [0.5, 0.6) is 0 Å². The maximum absolute atomic E-state index is 9.13. The van der Waals surface area contributed by atoms with Crippen LogP contribution in [0.15, 0.2) is 42.5 Å². The lowest BCUT2D eigenvalue weighted by atomic mass is 10.1. The maximum Gasteiger partial charge on any atom is 0.184 e. The molecule has 4 nitrogen and oxygen atoms in total. The molecular weight excluding hydrogens is 270 g/mol. The van der Waals surface area contributed by atoms with Crippen molar-refractivity contribution in [2.75, 3.05) is 11.1 Å². The Morgan fingerprint density at radius 3 is 2.85 bits per heavy atom. The van der Waals surface area contributed by atoms with Crippen molar-refractivity contribution in [1.29, 1.82) is 0 Å². The van der Waals surface area contributed by atoms with Gasteiger partial charge in [-0.15, -0.1) is 0 Å². The minimum Gasteiger partial charge on any atom is -0.399 e. The smallest absolute Gasteiger partial charge is 0.184 e. The van der Waals surface area contributed by atoms with Gasteiger partial charge in [-0.3, -0.25) is 0 Å². The van der Waals surface area contributed by atoms with E-state index in [1.807, 2.05) is 42.5 Å². The van der Waals surface area contributed by atoms with Crippen molar-refractivity contribution in [1.82, 2.24) is 4.98 Å². The van der Waals surface area contributed by atoms with Crippen molar-refractivity contribution >= 4 is 32.4 Å². The van der Waals surface area contributed by atoms with Crippen molar-refractivity contribution in [3.63, 3.8) is 0 Å². The van der Waals surface area contributed by atoms with E-state index >= 15 is 0 Å². The van der Waals surface area contributed by atoms with Crippen LogP contribution >= 0.6 is 11.3 Å². The van der Waals surface area contributed by atoms with Crippen molar-refractivity contribution in [2.45, 2.75) is 13.2 Å². The second-order valence-electron chi connectivity index (χ2n) is 4.58. The van der Waals surface area contributed by atoms with Crippen LogP contribution in [-0.4, -0.2) is 10.1 Å². The lowest BCUT2D eigenvalue weighted by molar-refractivity contribution is 0.281. The number of nitrogens with zero attached hydrogens (tertiary/aromatic N) is 1. The second-order valence-corrected chi connectivity index (χ2v) is 5.61. The number of fused-ring (bicyclic) bond motifs is 1. The quantitative estimate of drug-likeness (QED) is 0.644. The third-order valence-electron chi connectivity index (χ3n) is 3.03. The molecule has 1 heterocycles. The van der Waals surface area contributed by atoms with Gasteiger partial charge in [0.05, 0.1) is 16.8 Å². The van der Waals surface area contributed by atoms with Crippen molar-refractivity contribution < 1.29 is 5.11 Å². The summed E-state index contributed by atoms with van der Waals surface area (Å²) in [5.74, 6) is 0. The number of nitrogens with one attached hydrogen (secondary N) is 1. The third kappa shape index (κ3) is 2.74. The van der Waals surface area contributed by atoms with E-state index in [1.54, 1.807) is 11.3 Å². The van der Waals surface area contributed by atoms with Gasteiger partial charge in [0.2, 0.25) is 0 Å². The molecule has 0 fully saturated rings. The Kier molecular flexibility index (Phi) is 3.54. The Morgan fingerprint density at radius 2 is 2.00 bits per heavy atom. The normalized spacial score (nSPS) is 10.8. The molecule has 4 N–H and O–H groups in total. The molecule has 0 aliphatic heterocycles. The van der Waals surface area contributed by atoms with Gasteiger partial charge in [-0.1, -0.05) is 35.6 Å². The molecule has 0 bridgehead atoms. The number of hydrogen-bond donors (Lipinski definition) is 3. The average Bonchev–Trinajstić information content (AvgIpc) is 2.87. The fraction of sp³-hybridized carbons (Fsp3) is 0.133. The van der Waals surface area contributed by atoms with Gasteiger partial charge >= 0.3 is 0 Å². The summed E-state index contributed by atoms with van der Waals surface area (Å²) < 4.78 is 1.08. The highest BCUT2D eigenvalue weighted by molar-refractivity contribution is 7.22. The molecule has 102 valence electrons. The molecule has 0 saturated carbocycles. The Morgan fingerprint density at radius 1 is 1.15 bits per heavy atom. The van der Waals surface area contributed by atoms with Crippen LogP contribution < -0.4 is 11.1 Å². The second kappa shape index (κ2) is 5.48. The summed E-state index contributed by atoms with van der Waals surface area (Å²) in [5.41, 5.74) is 9.51. The number of benzene rings is 2. The predicted molar refractivity (Wildman–Crippen MR) is 83.7 cm³/mol. The molecule has 20 heavy (non-hydrogen) atoms. The molecule has 3 aromatic rings. The van der Waals surface area contributed by atoms with Gasteiger partial charge in [0.1, 0.15) is 0 Å². The number of thiazole rings is 1. The highest BCUT2D eigenvalue weighted by Crippen LogP contribution is 2.27. The summed E-state index contributed by atoms with van der Waals surface area (Å²) in [6.45, 7) is 0.747. The van der Waals surface area contributed by atoms with E-state index < -0.39 is 0 Å². The van der Waals surface area contributed by atoms with E-state index in [9.17, 15) is 0 Å². The van der Waals surface area contributed by atoms with E-state index in [0.29, 0.717) is 6.54 Å². The fourth-order valence-electron chi connectivity index (χ4n) is 2.03. The summed E-state index contributed by atoms with van der Waals surface area (Å²) in [6, 6.07) is 13.6. The number of rotatable bonds is 4. The largest absolute Gasteiger partial charge is 0.399 e. The van der Waals surface area contributed by atoms with Gasteiger partial charge in [-0.25, -0.2) is 4.98 Å². The summed E-state index contributed by atoms with van der Waals surface area (Å²) in [7, 11) is 0. The Bertz CT molecular complexity index is 739. The lowest BCUT2D eigenvalue weighted by Gasteiger charge is -2.04. The number of aliphatic hydroxyl groups is 1. The minimum atomic E-state index is 0.0637. The average molecular weight is 285 g/mol. The molecule has 0 amide bonds. The molecule has 0 unspecified atom stereocenters. The number of hydrogen-bond acceptors (Lipinski definition) is 5. The zero-order valence-electron chi connectivity index (χ0n) is 10.8. The Balaban J connectivity index is 1.76. The minimum absolute atomic E-state index is 0.0637. The van der Waals surface area contributed by atoms with Gasteiger partial charge in [-0.2, -0.15) is 0 Å². The van der Waals surface area contributed by atoms with E-state index in [2.05, 4.69) is 10.3 Å². The summed E-state index contributed by atoms with van der Waals surface area (Å²) in [4.78, 5) is 4.51. The topological polar surface area (TPSA) is 71.2 Å². The molecule has 3 rings (SSSR count). The van der Waals surface area contributed by atoms with Gasteiger partial charge in [0, 0.05) is 12.2 Å². The lowest BCUT2D eigenvalue weighted by Crippen LogP contribution is -1.99. The molecule has 0 saturated heterocycles. The van der Waals surface area contributed by atoms with Gasteiger partial charge in [-0.05, 0) is 29.3 Å². The maximum atomic E-state index is 9.13. The van der Waals surface area contributed by atoms with Crippen LogP contribution in [-0.2, 0) is 13.2 Å².